The van der Waals surface area contributed by atoms with Gasteiger partial charge in [-0.15, -0.1) is 0 Å². The number of benzene rings is 1. The molecule has 1 aromatic rings. The second-order valence-corrected chi connectivity index (χ2v) is 7.15. The number of likely N-dealkylation sites (N-methyl/N-ethyl adjacent to an activating group) is 1. The number of Topliss-reactive ketones (excluding diaryl/α,β-unsaturated/α-hetero) is 1. The van der Waals surface area contributed by atoms with Crippen molar-refractivity contribution in [1.29, 1.82) is 0 Å². The average molecular weight is 351 g/mol. The maximum atomic E-state index is 13.0. The standard InChI is InChI=1S/C19H23NO4.Na/c1-20-7-6-19-10-14(21)16(24-3)9-12(19)13(20)8-11-4-5-15(23-2)18(22)17(11)19;/h4-5,9,12-13,22H,6-8,10H2,1-3H3;/q;+1/p-1/t12-,13+,19-;/m1./s1. The number of rotatable bonds is 2. The summed E-state index contributed by atoms with van der Waals surface area (Å²) in [5, 5.41) is 13.0. The van der Waals surface area contributed by atoms with Gasteiger partial charge in [-0.3, -0.25) is 4.79 Å². The summed E-state index contributed by atoms with van der Waals surface area (Å²) in [6, 6.07) is 4.05. The molecular weight excluding hydrogens is 329 g/mol. The van der Waals surface area contributed by atoms with Crippen LogP contribution >= 0.6 is 0 Å². The summed E-state index contributed by atoms with van der Waals surface area (Å²) in [6.45, 7) is 0.890. The molecule has 0 amide bonds. The minimum Gasteiger partial charge on any atom is -0.870 e. The molecule has 25 heavy (non-hydrogen) atoms. The van der Waals surface area contributed by atoms with Crippen LogP contribution in [-0.4, -0.2) is 44.5 Å². The van der Waals surface area contributed by atoms with E-state index >= 15 is 0 Å². The number of carbonyl (C=O) groups excluding carboxylic acids is 1. The zero-order valence-electron chi connectivity index (χ0n) is 15.3. The number of piperidine rings is 1. The van der Waals surface area contributed by atoms with Crippen LogP contribution < -0.4 is 39.4 Å². The van der Waals surface area contributed by atoms with Crippen molar-refractivity contribution in [2.45, 2.75) is 30.7 Å². The third-order valence-electron chi connectivity index (χ3n) is 6.19. The normalized spacial score (nSPS) is 30.5. The number of likely N-dealkylation sites (tertiary alicyclic amines) is 1. The molecule has 1 heterocycles. The van der Waals surface area contributed by atoms with Gasteiger partial charge in [-0.05, 0) is 49.7 Å². The van der Waals surface area contributed by atoms with Crippen molar-refractivity contribution in [3.8, 4) is 11.5 Å². The molecule has 3 aliphatic rings. The number of methoxy groups -OCH3 is 2. The van der Waals surface area contributed by atoms with Crippen molar-refractivity contribution in [1.82, 2.24) is 4.90 Å². The molecule has 3 atom stereocenters. The molecule has 0 aromatic heterocycles. The Morgan fingerprint density at radius 2 is 2.04 bits per heavy atom. The molecular formula is C19H22NNaO4. The van der Waals surface area contributed by atoms with E-state index in [1.807, 2.05) is 12.1 Å². The average Bonchev–Trinajstić information content (AvgIpc) is 2.57. The van der Waals surface area contributed by atoms with Gasteiger partial charge in [0, 0.05) is 23.8 Å². The Morgan fingerprint density at radius 3 is 2.72 bits per heavy atom. The van der Waals surface area contributed by atoms with Gasteiger partial charge in [0.25, 0.3) is 0 Å². The van der Waals surface area contributed by atoms with Gasteiger partial charge in [0.05, 0.1) is 14.2 Å². The molecule has 5 nitrogen and oxygen atoms in total. The molecule has 6 heteroatoms. The molecule has 0 saturated carbocycles. The van der Waals surface area contributed by atoms with Crippen molar-refractivity contribution in [2.75, 3.05) is 27.8 Å². The first-order chi connectivity index (χ1) is 11.5. The molecule has 0 N–H and O–H groups in total. The summed E-state index contributed by atoms with van der Waals surface area (Å²) in [4.78, 5) is 14.9. The predicted octanol–water partition coefficient (Wildman–Crippen LogP) is -1.61. The van der Waals surface area contributed by atoms with E-state index in [-0.39, 0.29) is 53.0 Å². The number of fused-ring (bicyclic) bond motifs is 1. The van der Waals surface area contributed by atoms with Gasteiger partial charge in [-0.25, -0.2) is 0 Å². The Bertz CT molecular complexity index is 747. The number of carbonyl (C=O) groups is 1. The van der Waals surface area contributed by atoms with Crippen LogP contribution in [0.25, 0.3) is 0 Å². The zero-order chi connectivity index (χ0) is 17.1. The van der Waals surface area contributed by atoms with Crippen molar-refractivity contribution in [2.24, 2.45) is 5.92 Å². The summed E-state index contributed by atoms with van der Waals surface area (Å²) >= 11 is 0. The van der Waals surface area contributed by atoms with E-state index in [0.29, 0.717) is 17.9 Å². The van der Waals surface area contributed by atoms with Crippen LogP contribution in [0.5, 0.6) is 11.5 Å². The van der Waals surface area contributed by atoms with Gasteiger partial charge in [0.1, 0.15) is 5.75 Å². The van der Waals surface area contributed by atoms with E-state index in [1.165, 1.54) is 7.11 Å². The maximum Gasteiger partial charge on any atom is 1.00 e. The summed E-state index contributed by atoms with van der Waals surface area (Å²) in [7, 11) is 5.19. The van der Waals surface area contributed by atoms with E-state index in [2.05, 4.69) is 11.9 Å². The van der Waals surface area contributed by atoms with E-state index in [1.54, 1.807) is 13.2 Å². The first-order valence-corrected chi connectivity index (χ1v) is 8.38. The summed E-state index contributed by atoms with van der Waals surface area (Å²) in [5.74, 6) is 0.872. The number of ether oxygens (including phenoxy) is 2. The number of hydrogen-bond donors (Lipinski definition) is 0. The second kappa shape index (κ2) is 6.62. The van der Waals surface area contributed by atoms with Gasteiger partial charge in [0.2, 0.25) is 0 Å². The van der Waals surface area contributed by atoms with Crippen molar-refractivity contribution < 1.29 is 48.9 Å². The zero-order valence-corrected chi connectivity index (χ0v) is 17.3. The number of allylic oxidation sites excluding steroid dienone is 1. The molecule has 128 valence electrons. The quantitative estimate of drug-likeness (QED) is 0.600. The predicted molar refractivity (Wildman–Crippen MR) is 87.1 cm³/mol. The van der Waals surface area contributed by atoms with Crippen LogP contribution in [0.1, 0.15) is 24.0 Å². The van der Waals surface area contributed by atoms with Crippen LogP contribution in [0.4, 0.5) is 0 Å². The summed E-state index contributed by atoms with van der Waals surface area (Å²) in [5.41, 5.74) is 1.45. The van der Waals surface area contributed by atoms with E-state index in [9.17, 15) is 9.90 Å². The van der Waals surface area contributed by atoms with Gasteiger partial charge in [-0.2, -0.15) is 0 Å². The SMILES string of the molecule is COC1=C[C@@H]2[C@@H]3Cc4ccc(OC)c([O-])c4[C@]2(CCN3C)CC1=O.[Na+]. The molecule has 4 rings (SSSR count). The van der Waals surface area contributed by atoms with Gasteiger partial charge < -0.3 is 19.5 Å². The molecule has 2 bridgehead atoms. The van der Waals surface area contributed by atoms with Crippen molar-refractivity contribution in [3.63, 3.8) is 0 Å². The van der Waals surface area contributed by atoms with Crippen LogP contribution in [0, 0.1) is 5.92 Å². The maximum absolute atomic E-state index is 13.0. The number of hydrogen-bond acceptors (Lipinski definition) is 5. The largest absolute Gasteiger partial charge is 1.00 e. The molecule has 1 fully saturated rings. The topological polar surface area (TPSA) is 61.8 Å². The third kappa shape index (κ3) is 2.55. The monoisotopic (exact) mass is 351 g/mol. The minimum atomic E-state index is -0.421. The van der Waals surface area contributed by atoms with E-state index in [4.69, 9.17) is 9.47 Å². The first kappa shape index (κ1) is 18.8. The molecule has 2 aliphatic carbocycles. The fraction of sp³-hybridized carbons (Fsp3) is 0.526. The Labute approximate surface area is 170 Å². The smallest absolute Gasteiger partial charge is 0.870 e. The summed E-state index contributed by atoms with van der Waals surface area (Å²) < 4.78 is 10.6. The van der Waals surface area contributed by atoms with Crippen molar-refractivity contribution >= 4 is 5.78 Å². The first-order valence-electron chi connectivity index (χ1n) is 8.38. The summed E-state index contributed by atoms with van der Waals surface area (Å²) in [6.07, 6.45) is 3.93. The van der Waals surface area contributed by atoms with Gasteiger partial charge >= 0.3 is 29.6 Å². The van der Waals surface area contributed by atoms with Crippen molar-refractivity contribution in [3.05, 3.63) is 35.1 Å². The van der Waals surface area contributed by atoms with Crippen LogP contribution in [0.15, 0.2) is 24.0 Å². The van der Waals surface area contributed by atoms with Crippen LogP contribution in [-0.2, 0) is 21.4 Å². The minimum absolute atomic E-state index is 0. The van der Waals surface area contributed by atoms with Gasteiger partial charge in [-0.1, -0.05) is 11.8 Å². The van der Waals surface area contributed by atoms with Crippen LogP contribution in [0.2, 0.25) is 0 Å². The molecule has 0 spiro atoms. The van der Waals surface area contributed by atoms with Crippen LogP contribution in [0.3, 0.4) is 0 Å². The molecule has 0 radical (unpaired) electrons. The van der Waals surface area contributed by atoms with E-state index < -0.39 is 5.41 Å². The number of ketones is 1. The molecule has 1 aliphatic heterocycles. The van der Waals surface area contributed by atoms with Gasteiger partial charge in [0.15, 0.2) is 11.5 Å². The second-order valence-electron chi connectivity index (χ2n) is 7.15. The fourth-order valence-electron chi connectivity index (χ4n) is 5.01. The molecule has 1 aromatic carbocycles. The molecule has 0 unspecified atom stereocenters. The Balaban J connectivity index is 0.00000182. The fourth-order valence-corrected chi connectivity index (χ4v) is 5.01. The third-order valence-corrected chi connectivity index (χ3v) is 6.19. The Morgan fingerprint density at radius 1 is 1.28 bits per heavy atom. The molecule has 1 saturated heterocycles. The Kier molecular flexibility index (Phi) is 4.97. The number of nitrogens with zero attached hydrogens (tertiary/aromatic N) is 1. The van der Waals surface area contributed by atoms with E-state index in [0.717, 1.165) is 30.5 Å². The Hall–Kier alpha value is -1.01.